The number of aryl methyl sites for hydroxylation is 2. The monoisotopic (exact) mass is 404 g/mol. The first-order valence-electron chi connectivity index (χ1n) is 9.14. The highest BCUT2D eigenvalue weighted by atomic mass is 35.5. The lowest BCUT2D eigenvalue weighted by atomic mass is 10.1. The lowest BCUT2D eigenvalue weighted by Crippen LogP contribution is -2.30. The Morgan fingerprint density at radius 2 is 1.59 bits per heavy atom. The summed E-state index contributed by atoms with van der Waals surface area (Å²) in [5.74, 6) is -0.807. The topological polar surface area (TPSA) is 58.2 Å². The van der Waals surface area contributed by atoms with Crippen LogP contribution in [0.5, 0.6) is 0 Å². The third-order valence-corrected chi connectivity index (χ3v) is 4.63. The molecule has 3 rings (SSSR count). The molecule has 0 aliphatic carbocycles. The number of carbonyl (C=O) groups excluding carboxylic acids is 2. The second-order valence-electron chi connectivity index (χ2n) is 6.72. The molecule has 0 aliphatic rings. The maximum Gasteiger partial charge on any atom is 0.272 e. The van der Waals surface area contributed by atoms with E-state index < -0.39 is 5.91 Å². The molecule has 146 valence electrons. The van der Waals surface area contributed by atoms with Crippen LogP contribution < -0.4 is 10.6 Å². The maximum absolute atomic E-state index is 12.9. The second kappa shape index (κ2) is 9.22. The Hall–Kier alpha value is -3.37. The zero-order valence-electron chi connectivity index (χ0n) is 16.2. The Bertz CT molecular complexity index is 1070. The Morgan fingerprint density at radius 1 is 0.862 bits per heavy atom. The number of amides is 2. The Balaban J connectivity index is 1.90. The van der Waals surface area contributed by atoms with Crippen LogP contribution in [0.3, 0.4) is 0 Å². The van der Waals surface area contributed by atoms with Crippen molar-refractivity contribution >= 4 is 35.2 Å². The van der Waals surface area contributed by atoms with Crippen molar-refractivity contribution in [1.82, 2.24) is 5.32 Å². The van der Waals surface area contributed by atoms with E-state index in [0.29, 0.717) is 21.8 Å². The molecular weight excluding hydrogens is 384 g/mol. The summed E-state index contributed by atoms with van der Waals surface area (Å²) in [7, 11) is 0. The summed E-state index contributed by atoms with van der Waals surface area (Å²) in [6, 6.07) is 21.7. The highest BCUT2D eigenvalue weighted by Crippen LogP contribution is 2.19. The summed E-state index contributed by atoms with van der Waals surface area (Å²) in [5.41, 5.74) is 3.90. The smallest absolute Gasteiger partial charge is 0.272 e. The standard InChI is InChI=1S/C24H21ClN2O2/c1-16-10-12-18(13-11-16)23(28)27-22(15-19-7-3-4-9-21(19)25)24(29)26-20-8-5-6-17(2)14-20/h3-15H,1-2H3,(H,26,29)(H,27,28)/b22-15+. The summed E-state index contributed by atoms with van der Waals surface area (Å²) in [6.45, 7) is 3.88. The molecule has 0 aromatic heterocycles. The van der Waals surface area contributed by atoms with Gasteiger partial charge < -0.3 is 10.6 Å². The molecule has 2 N–H and O–H groups in total. The van der Waals surface area contributed by atoms with E-state index in [1.54, 1.807) is 42.5 Å². The number of nitrogens with one attached hydrogen (secondary N) is 2. The third kappa shape index (κ3) is 5.56. The van der Waals surface area contributed by atoms with Crippen LogP contribution in [-0.2, 0) is 4.79 Å². The van der Waals surface area contributed by atoms with Crippen molar-refractivity contribution < 1.29 is 9.59 Å². The van der Waals surface area contributed by atoms with Crippen LogP contribution >= 0.6 is 11.6 Å². The molecule has 0 unspecified atom stereocenters. The SMILES string of the molecule is Cc1ccc(C(=O)N/C(=C/c2ccccc2Cl)C(=O)Nc2cccc(C)c2)cc1. The van der Waals surface area contributed by atoms with Crippen LogP contribution in [0.15, 0.2) is 78.5 Å². The predicted molar refractivity (Wildman–Crippen MR) is 118 cm³/mol. The van der Waals surface area contributed by atoms with Gasteiger partial charge in [-0.15, -0.1) is 0 Å². The van der Waals surface area contributed by atoms with E-state index in [9.17, 15) is 9.59 Å². The van der Waals surface area contributed by atoms with Gasteiger partial charge >= 0.3 is 0 Å². The van der Waals surface area contributed by atoms with Gasteiger partial charge in [-0.2, -0.15) is 0 Å². The Labute approximate surface area is 175 Å². The largest absolute Gasteiger partial charge is 0.321 e. The molecule has 0 heterocycles. The van der Waals surface area contributed by atoms with Gasteiger partial charge in [0.05, 0.1) is 0 Å². The van der Waals surface area contributed by atoms with Crippen molar-refractivity contribution in [2.75, 3.05) is 5.32 Å². The van der Waals surface area contributed by atoms with E-state index >= 15 is 0 Å². The van der Waals surface area contributed by atoms with Crippen LogP contribution in [0, 0.1) is 13.8 Å². The van der Waals surface area contributed by atoms with E-state index in [-0.39, 0.29) is 11.6 Å². The molecule has 3 aromatic carbocycles. The van der Waals surface area contributed by atoms with Crippen LogP contribution in [-0.4, -0.2) is 11.8 Å². The molecule has 4 nitrogen and oxygen atoms in total. The van der Waals surface area contributed by atoms with E-state index in [4.69, 9.17) is 11.6 Å². The first-order valence-corrected chi connectivity index (χ1v) is 9.52. The molecule has 2 amide bonds. The fraction of sp³-hybridized carbons (Fsp3) is 0.0833. The highest BCUT2D eigenvalue weighted by Gasteiger charge is 2.15. The van der Waals surface area contributed by atoms with Gasteiger partial charge in [-0.05, 0) is 61.4 Å². The number of benzene rings is 3. The summed E-state index contributed by atoms with van der Waals surface area (Å²) in [5, 5.41) is 6.02. The van der Waals surface area contributed by atoms with Gasteiger partial charge in [-0.3, -0.25) is 9.59 Å². The molecule has 0 spiro atoms. The minimum atomic E-state index is -0.434. The van der Waals surface area contributed by atoms with Crippen molar-refractivity contribution in [3.63, 3.8) is 0 Å². The number of carbonyl (C=O) groups is 2. The maximum atomic E-state index is 12.9. The summed E-state index contributed by atoms with van der Waals surface area (Å²) in [6.07, 6.45) is 1.57. The molecule has 0 bridgehead atoms. The number of anilines is 1. The normalized spacial score (nSPS) is 11.1. The number of hydrogen-bond donors (Lipinski definition) is 2. The van der Waals surface area contributed by atoms with Crippen molar-refractivity contribution in [2.24, 2.45) is 0 Å². The summed E-state index contributed by atoms with van der Waals surface area (Å²) < 4.78 is 0. The van der Waals surface area contributed by atoms with Gasteiger partial charge in [0.25, 0.3) is 11.8 Å². The summed E-state index contributed by atoms with van der Waals surface area (Å²) in [4.78, 5) is 25.6. The molecule has 0 saturated heterocycles. The minimum absolute atomic E-state index is 0.102. The van der Waals surface area contributed by atoms with Crippen LogP contribution in [0.2, 0.25) is 5.02 Å². The lowest BCUT2D eigenvalue weighted by molar-refractivity contribution is -0.113. The summed E-state index contributed by atoms with van der Waals surface area (Å²) >= 11 is 6.24. The first-order chi connectivity index (χ1) is 13.9. The number of halogens is 1. The first kappa shape index (κ1) is 20.4. The van der Waals surface area contributed by atoms with Crippen LogP contribution in [0.1, 0.15) is 27.0 Å². The third-order valence-electron chi connectivity index (χ3n) is 4.29. The van der Waals surface area contributed by atoms with Gasteiger partial charge in [-0.25, -0.2) is 0 Å². The van der Waals surface area contributed by atoms with Gasteiger partial charge in [0.1, 0.15) is 5.70 Å². The van der Waals surface area contributed by atoms with Crippen molar-refractivity contribution in [3.8, 4) is 0 Å². The van der Waals surface area contributed by atoms with Crippen molar-refractivity contribution in [1.29, 1.82) is 0 Å². The number of hydrogen-bond acceptors (Lipinski definition) is 2. The second-order valence-corrected chi connectivity index (χ2v) is 7.13. The molecular formula is C24H21ClN2O2. The van der Waals surface area contributed by atoms with Crippen molar-refractivity contribution in [3.05, 3.63) is 106 Å². The van der Waals surface area contributed by atoms with E-state index in [0.717, 1.165) is 11.1 Å². The molecule has 0 fully saturated rings. The van der Waals surface area contributed by atoms with Crippen LogP contribution in [0.4, 0.5) is 5.69 Å². The molecule has 5 heteroatoms. The lowest BCUT2D eigenvalue weighted by Gasteiger charge is -2.12. The molecule has 0 aliphatic heterocycles. The van der Waals surface area contributed by atoms with Gasteiger partial charge in [0.15, 0.2) is 0 Å². The van der Waals surface area contributed by atoms with E-state index in [1.165, 1.54) is 0 Å². The van der Waals surface area contributed by atoms with Gasteiger partial charge in [-0.1, -0.05) is 59.6 Å². The fourth-order valence-corrected chi connectivity index (χ4v) is 2.92. The average molecular weight is 405 g/mol. The molecule has 0 radical (unpaired) electrons. The molecule has 3 aromatic rings. The zero-order chi connectivity index (χ0) is 20.8. The Kier molecular flexibility index (Phi) is 6.47. The fourth-order valence-electron chi connectivity index (χ4n) is 2.73. The molecule has 0 atom stereocenters. The van der Waals surface area contributed by atoms with Gasteiger partial charge in [0, 0.05) is 16.3 Å². The Morgan fingerprint density at radius 3 is 2.28 bits per heavy atom. The van der Waals surface area contributed by atoms with E-state index in [2.05, 4.69) is 10.6 Å². The average Bonchev–Trinajstić information content (AvgIpc) is 2.69. The van der Waals surface area contributed by atoms with Crippen molar-refractivity contribution in [2.45, 2.75) is 13.8 Å². The number of rotatable bonds is 5. The zero-order valence-corrected chi connectivity index (χ0v) is 17.0. The molecule has 29 heavy (non-hydrogen) atoms. The van der Waals surface area contributed by atoms with Gasteiger partial charge in [0.2, 0.25) is 0 Å². The highest BCUT2D eigenvalue weighted by molar-refractivity contribution is 6.32. The van der Waals surface area contributed by atoms with E-state index in [1.807, 2.05) is 50.2 Å². The minimum Gasteiger partial charge on any atom is -0.321 e. The molecule has 0 saturated carbocycles. The quantitative estimate of drug-likeness (QED) is 0.562. The van der Waals surface area contributed by atoms with Crippen LogP contribution in [0.25, 0.3) is 6.08 Å². The predicted octanol–water partition coefficient (Wildman–Crippen LogP) is 5.37.